The number of carbonyl (C=O) groups excluding carboxylic acids is 2. The van der Waals surface area contributed by atoms with Gasteiger partial charge in [0, 0.05) is 41.4 Å². The van der Waals surface area contributed by atoms with Gasteiger partial charge in [0.1, 0.15) is 0 Å². The third-order valence-corrected chi connectivity index (χ3v) is 5.75. The van der Waals surface area contributed by atoms with Gasteiger partial charge in [-0.2, -0.15) is 0 Å². The van der Waals surface area contributed by atoms with Crippen molar-refractivity contribution in [1.29, 1.82) is 0 Å². The van der Waals surface area contributed by atoms with Crippen LogP contribution in [0.25, 0.3) is 22.3 Å². The zero-order valence-corrected chi connectivity index (χ0v) is 16.6. The molecule has 1 saturated heterocycles. The van der Waals surface area contributed by atoms with E-state index >= 15 is 0 Å². The minimum absolute atomic E-state index is 0.118. The number of thioether (sulfide) groups is 1. The lowest BCUT2D eigenvalue weighted by molar-refractivity contribution is -0.119. The highest BCUT2D eigenvalue weighted by Gasteiger charge is 2.23. The first kappa shape index (κ1) is 19.5. The van der Waals surface area contributed by atoms with E-state index in [0.29, 0.717) is 17.5 Å². The van der Waals surface area contributed by atoms with Crippen LogP contribution in [-0.2, 0) is 16.1 Å². The number of aromatic amines is 1. The maximum Gasteiger partial charge on any atom is 0.318 e. The summed E-state index contributed by atoms with van der Waals surface area (Å²) in [5.74, 6) is 0.811. The molecule has 1 aliphatic rings. The number of urea groups is 1. The highest BCUT2D eigenvalue weighted by molar-refractivity contribution is 7.99. The summed E-state index contributed by atoms with van der Waals surface area (Å²) >= 11 is 1.42. The number of carbonyl (C=O) groups is 2. The van der Waals surface area contributed by atoms with Gasteiger partial charge in [0.25, 0.3) is 0 Å². The Kier molecular flexibility index (Phi) is 5.81. The normalized spacial score (nSPS) is 16.3. The number of nitrogens with two attached hydrogens (primary N) is 1. The minimum atomic E-state index is -0.844. The molecule has 0 spiro atoms. The van der Waals surface area contributed by atoms with E-state index < -0.39 is 11.9 Å². The van der Waals surface area contributed by atoms with E-state index in [2.05, 4.69) is 25.1 Å². The third kappa shape index (κ3) is 4.43. The Morgan fingerprint density at radius 1 is 1.34 bits per heavy atom. The van der Waals surface area contributed by atoms with E-state index in [-0.39, 0.29) is 12.5 Å². The van der Waals surface area contributed by atoms with Gasteiger partial charge < -0.3 is 15.5 Å². The number of primary amides is 1. The smallest absolute Gasteiger partial charge is 0.318 e. The third-order valence-electron chi connectivity index (χ3n) is 4.78. The monoisotopic (exact) mass is 414 g/mol. The fourth-order valence-corrected chi connectivity index (χ4v) is 4.33. The van der Waals surface area contributed by atoms with Crippen molar-refractivity contribution in [2.24, 2.45) is 5.73 Å². The van der Waals surface area contributed by atoms with E-state index in [9.17, 15) is 9.59 Å². The number of amides is 3. The average molecular weight is 414 g/mol. The van der Waals surface area contributed by atoms with Crippen molar-refractivity contribution in [3.63, 3.8) is 0 Å². The van der Waals surface area contributed by atoms with Gasteiger partial charge in [0.2, 0.25) is 5.91 Å². The van der Waals surface area contributed by atoms with E-state index in [1.165, 1.54) is 11.8 Å². The number of H-pyrrole nitrogens is 1. The molecule has 4 N–H and O–H groups in total. The Labute approximate surface area is 171 Å². The Bertz CT molecular complexity index is 1020. The lowest BCUT2D eigenvalue weighted by Crippen LogP contribution is -2.35. The number of hydrogen-bond donors (Lipinski definition) is 3. The number of rotatable bonds is 7. The fourth-order valence-electron chi connectivity index (χ4n) is 3.44. The number of nitrogens with one attached hydrogen (secondary N) is 2. The Hall–Kier alpha value is -2.85. The van der Waals surface area contributed by atoms with Gasteiger partial charge in [-0.1, -0.05) is 30.0 Å². The molecule has 3 heterocycles. The Balaban J connectivity index is 1.58. The van der Waals surface area contributed by atoms with Crippen LogP contribution in [0.2, 0.25) is 0 Å². The van der Waals surface area contributed by atoms with E-state index in [1.807, 2.05) is 30.5 Å². The van der Waals surface area contributed by atoms with Crippen molar-refractivity contribution in [3.05, 3.63) is 30.5 Å². The van der Waals surface area contributed by atoms with Crippen LogP contribution in [0, 0.1) is 0 Å². The van der Waals surface area contributed by atoms with E-state index in [1.54, 1.807) is 0 Å². The van der Waals surface area contributed by atoms with Crippen LogP contribution >= 0.6 is 11.8 Å². The second-order valence-electron chi connectivity index (χ2n) is 6.81. The van der Waals surface area contributed by atoms with Gasteiger partial charge in [0.05, 0.1) is 12.6 Å². The summed E-state index contributed by atoms with van der Waals surface area (Å²) in [6.07, 6.45) is 4.26. The number of hydrogen-bond acceptors (Lipinski definition) is 6. The molecule has 3 aromatic rings. The Morgan fingerprint density at radius 2 is 2.21 bits per heavy atom. The van der Waals surface area contributed by atoms with Crippen LogP contribution in [0.15, 0.2) is 35.6 Å². The van der Waals surface area contributed by atoms with Gasteiger partial charge in [0.15, 0.2) is 11.0 Å². The number of nitrogens with zero attached hydrogens (tertiary/aromatic N) is 3. The molecule has 3 amide bonds. The van der Waals surface area contributed by atoms with Crippen molar-refractivity contribution >= 4 is 34.6 Å². The number of benzene rings is 1. The summed E-state index contributed by atoms with van der Waals surface area (Å²) in [6.45, 7) is 1.42. The topological polar surface area (TPSA) is 128 Å². The second-order valence-corrected chi connectivity index (χ2v) is 7.87. The van der Waals surface area contributed by atoms with Crippen molar-refractivity contribution < 1.29 is 14.3 Å². The highest BCUT2D eigenvalue weighted by Crippen LogP contribution is 2.31. The van der Waals surface area contributed by atoms with E-state index in [0.717, 1.165) is 41.7 Å². The zero-order chi connectivity index (χ0) is 20.2. The number of para-hydroxylation sites is 1. The summed E-state index contributed by atoms with van der Waals surface area (Å²) in [4.78, 5) is 25.7. The number of ether oxygens (including phenoxy) is 1. The summed E-state index contributed by atoms with van der Waals surface area (Å²) in [5.41, 5.74) is 6.98. The lowest BCUT2D eigenvalue weighted by Gasteiger charge is -2.14. The molecule has 0 bridgehead atoms. The van der Waals surface area contributed by atoms with Gasteiger partial charge in [-0.15, -0.1) is 10.2 Å². The molecule has 0 aliphatic carbocycles. The number of aromatic nitrogens is 4. The molecule has 1 aliphatic heterocycles. The average Bonchev–Trinajstić information content (AvgIpc) is 3.42. The van der Waals surface area contributed by atoms with E-state index in [4.69, 9.17) is 10.5 Å². The van der Waals surface area contributed by atoms with Gasteiger partial charge >= 0.3 is 6.03 Å². The molecule has 152 valence electrons. The first-order valence-corrected chi connectivity index (χ1v) is 10.4. The SMILES string of the molecule is NC(=O)NC(=O)CCSc1nnc(-c2c[nH]c3ccccc23)n1CC1CCCO1. The zero-order valence-electron chi connectivity index (χ0n) is 15.8. The van der Waals surface area contributed by atoms with Crippen LogP contribution < -0.4 is 11.1 Å². The number of imide groups is 1. The summed E-state index contributed by atoms with van der Waals surface area (Å²) in [6, 6.07) is 7.20. The molecule has 1 aromatic carbocycles. The standard InChI is InChI=1S/C19H22N6O3S/c20-18(27)22-16(26)7-9-29-19-24-23-17(25(19)11-12-4-3-8-28-12)14-10-21-15-6-2-1-5-13(14)15/h1-2,5-6,10,12,21H,3-4,7-9,11H2,(H3,20,22,26,27). The number of fused-ring (bicyclic) bond motifs is 1. The first-order chi connectivity index (χ1) is 14.1. The maximum absolute atomic E-state index is 11.7. The summed E-state index contributed by atoms with van der Waals surface area (Å²) < 4.78 is 7.88. The van der Waals surface area contributed by atoms with Crippen molar-refractivity contribution in [1.82, 2.24) is 25.1 Å². The van der Waals surface area contributed by atoms with Crippen LogP contribution in [-0.4, -0.2) is 50.2 Å². The molecule has 4 rings (SSSR count). The first-order valence-electron chi connectivity index (χ1n) is 9.45. The molecule has 10 heteroatoms. The quantitative estimate of drug-likeness (QED) is 0.509. The molecule has 0 radical (unpaired) electrons. The largest absolute Gasteiger partial charge is 0.376 e. The molecule has 9 nitrogen and oxygen atoms in total. The van der Waals surface area contributed by atoms with Crippen LogP contribution in [0.4, 0.5) is 4.79 Å². The minimum Gasteiger partial charge on any atom is -0.376 e. The molecular weight excluding hydrogens is 392 g/mol. The van der Waals surface area contributed by atoms with Gasteiger partial charge in [-0.3, -0.25) is 14.7 Å². The highest BCUT2D eigenvalue weighted by atomic mass is 32.2. The predicted octanol–water partition coefficient (Wildman–Crippen LogP) is 2.28. The summed E-state index contributed by atoms with van der Waals surface area (Å²) in [5, 5.41) is 12.7. The lowest BCUT2D eigenvalue weighted by atomic mass is 10.1. The fraction of sp³-hybridized carbons (Fsp3) is 0.368. The second kappa shape index (κ2) is 8.66. The Morgan fingerprint density at radius 3 is 3.00 bits per heavy atom. The maximum atomic E-state index is 11.7. The molecule has 29 heavy (non-hydrogen) atoms. The molecular formula is C19H22N6O3S. The molecule has 0 saturated carbocycles. The van der Waals surface area contributed by atoms with Crippen molar-refractivity contribution in [2.75, 3.05) is 12.4 Å². The van der Waals surface area contributed by atoms with Crippen molar-refractivity contribution in [2.45, 2.75) is 37.1 Å². The molecule has 1 fully saturated rings. The summed E-state index contributed by atoms with van der Waals surface area (Å²) in [7, 11) is 0. The molecule has 2 aromatic heterocycles. The molecule has 1 unspecified atom stereocenters. The van der Waals surface area contributed by atoms with Crippen LogP contribution in [0.1, 0.15) is 19.3 Å². The van der Waals surface area contributed by atoms with Crippen molar-refractivity contribution in [3.8, 4) is 11.4 Å². The predicted molar refractivity (Wildman–Crippen MR) is 109 cm³/mol. The van der Waals surface area contributed by atoms with Gasteiger partial charge in [-0.05, 0) is 18.9 Å². The van der Waals surface area contributed by atoms with Crippen LogP contribution in [0.3, 0.4) is 0 Å². The van der Waals surface area contributed by atoms with Gasteiger partial charge in [-0.25, -0.2) is 4.79 Å². The molecule has 1 atom stereocenters. The van der Waals surface area contributed by atoms with Crippen LogP contribution in [0.5, 0.6) is 0 Å².